The number of benzene rings is 1. The van der Waals surface area contributed by atoms with Crippen molar-refractivity contribution in [2.24, 2.45) is 5.92 Å². The lowest BCUT2D eigenvalue weighted by atomic mass is 9.90. The highest BCUT2D eigenvalue weighted by atomic mass is 35.5. The molecule has 4 rings (SSSR count). The van der Waals surface area contributed by atoms with Crippen LogP contribution in [0.4, 0.5) is 16.0 Å². The molecule has 30 heavy (non-hydrogen) atoms. The van der Waals surface area contributed by atoms with Gasteiger partial charge in [-0.05, 0) is 66.5 Å². The van der Waals surface area contributed by atoms with Crippen LogP contribution in [0.15, 0.2) is 90.1 Å². The molecule has 0 saturated carbocycles. The lowest BCUT2D eigenvalue weighted by molar-refractivity contribution is -0.313. The van der Waals surface area contributed by atoms with Crippen LogP contribution >= 0.6 is 11.6 Å². The summed E-state index contributed by atoms with van der Waals surface area (Å²) in [5.74, 6) is -0.657. The molecule has 0 fully saturated rings. The van der Waals surface area contributed by atoms with Gasteiger partial charge in [-0.15, -0.1) is 5.76 Å². The van der Waals surface area contributed by atoms with E-state index in [1.165, 1.54) is 12.2 Å². The van der Waals surface area contributed by atoms with Gasteiger partial charge in [0.05, 0.1) is 11.4 Å². The average Bonchev–Trinajstić information content (AvgIpc) is 2.74. The van der Waals surface area contributed by atoms with Crippen LogP contribution in [-0.2, 0) is 0 Å². The predicted molar refractivity (Wildman–Crippen MR) is 115 cm³/mol. The summed E-state index contributed by atoms with van der Waals surface area (Å²) >= 11 is 6.01. The third-order valence-electron chi connectivity index (χ3n) is 4.71. The quantitative estimate of drug-likeness (QED) is 0.691. The highest BCUT2D eigenvalue weighted by Crippen LogP contribution is 2.28. The van der Waals surface area contributed by atoms with Crippen LogP contribution in [0.1, 0.15) is 12.1 Å². The van der Waals surface area contributed by atoms with Gasteiger partial charge < -0.3 is 15.8 Å². The Kier molecular flexibility index (Phi) is 5.59. The van der Waals surface area contributed by atoms with E-state index < -0.39 is 5.92 Å². The number of nitrogens with zero attached hydrogens (tertiary/aromatic N) is 2. The molecular weight excluding hydrogens is 403 g/mol. The van der Waals surface area contributed by atoms with Gasteiger partial charge in [-0.25, -0.2) is 14.4 Å². The molecule has 1 unspecified atom stereocenters. The molecule has 2 aromatic rings. The molecule has 0 aliphatic heterocycles. The highest BCUT2D eigenvalue weighted by molar-refractivity contribution is 6.30. The first-order valence-corrected chi connectivity index (χ1v) is 9.67. The number of rotatable bonds is 4. The molecule has 0 spiro atoms. The Bertz CT molecular complexity index is 1160. The van der Waals surface area contributed by atoms with E-state index in [0.717, 1.165) is 5.69 Å². The maximum Gasteiger partial charge on any atom is 0.227 e. The van der Waals surface area contributed by atoms with E-state index in [1.54, 1.807) is 48.7 Å². The summed E-state index contributed by atoms with van der Waals surface area (Å²) in [7, 11) is 0. The molecule has 1 aromatic heterocycles. The predicted octanol–water partition coefficient (Wildman–Crippen LogP) is 4.89. The molecule has 2 aliphatic carbocycles. The van der Waals surface area contributed by atoms with Crippen molar-refractivity contribution in [2.45, 2.75) is 6.42 Å². The number of hydrogen-bond acceptors (Lipinski definition) is 5. The maximum absolute atomic E-state index is 13.2. The van der Waals surface area contributed by atoms with Gasteiger partial charge in [0.25, 0.3) is 0 Å². The SMILES string of the molecule is N=C1C=CC(c2ccnc(Nc3cccc(Cl)c3)n2)=C/C1=C(/[O-])C1C=CC(F)=CC1. The van der Waals surface area contributed by atoms with Gasteiger partial charge >= 0.3 is 0 Å². The fourth-order valence-electron chi connectivity index (χ4n) is 3.17. The van der Waals surface area contributed by atoms with Crippen LogP contribution in [-0.4, -0.2) is 15.7 Å². The molecular formula is C23H17ClFN4O-. The molecule has 150 valence electrons. The molecule has 2 N–H and O–H groups in total. The summed E-state index contributed by atoms with van der Waals surface area (Å²) in [4.78, 5) is 8.73. The van der Waals surface area contributed by atoms with Crippen molar-refractivity contribution in [3.8, 4) is 0 Å². The highest BCUT2D eigenvalue weighted by Gasteiger charge is 2.16. The van der Waals surface area contributed by atoms with Crippen molar-refractivity contribution in [3.05, 3.63) is 101 Å². The van der Waals surface area contributed by atoms with Gasteiger partial charge in [-0.1, -0.05) is 29.8 Å². The fraction of sp³-hybridized carbons (Fsp3) is 0.0870. The minimum atomic E-state index is -0.477. The monoisotopic (exact) mass is 419 g/mol. The van der Waals surface area contributed by atoms with Crippen LogP contribution in [0.3, 0.4) is 0 Å². The number of anilines is 2. The first-order valence-electron chi connectivity index (χ1n) is 9.29. The first kappa shape index (κ1) is 19.8. The Balaban J connectivity index is 1.63. The summed E-state index contributed by atoms with van der Waals surface area (Å²) in [5.41, 5.74) is 2.45. The lowest BCUT2D eigenvalue weighted by Gasteiger charge is -2.27. The van der Waals surface area contributed by atoms with E-state index in [4.69, 9.17) is 17.0 Å². The van der Waals surface area contributed by atoms with Gasteiger partial charge in [0, 0.05) is 22.5 Å². The zero-order chi connectivity index (χ0) is 21.1. The minimum absolute atomic E-state index is 0.124. The Hall–Kier alpha value is -3.51. The number of aromatic nitrogens is 2. The molecule has 0 saturated heterocycles. The second-order valence-electron chi connectivity index (χ2n) is 6.82. The van der Waals surface area contributed by atoms with Gasteiger partial charge in [-0.2, -0.15) is 0 Å². The van der Waals surface area contributed by atoms with Crippen molar-refractivity contribution in [2.75, 3.05) is 5.32 Å². The van der Waals surface area contributed by atoms with Crippen LogP contribution in [0, 0.1) is 11.3 Å². The zero-order valence-electron chi connectivity index (χ0n) is 15.8. The Morgan fingerprint density at radius 3 is 2.87 bits per heavy atom. The summed E-state index contributed by atoms with van der Waals surface area (Å²) in [5, 5.41) is 24.7. The Labute approximate surface area is 178 Å². The number of nitrogens with one attached hydrogen (secondary N) is 2. The van der Waals surface area contributed by atoms with Crippen molar-refractivity contribution < 1.29 is 9.50 Å². The molecule has 0 amide bonds. The van der Waals surface area contributed by atoms with E-state index in [2.05, 4.69) is 15.3 Å². The standard InChI is InChI=1S/C23H18ClFN4O/c24-16-2-1-3-18(13-16)28-23-27-11-10-21(29-23)15-6-9-20(26)19(12-15)22(30)14-4-7-17(25)8-5-14/h1-4,6-14,26,30H,5H2,(H,27,28,29)/p-1/b22-19-,26-20?. The van der Waals surface area contributed by atoms with Crippen molar-refractivity contribution in [1.82, 2.24) is 9.97 Å². The van der Waals surface area contributed by atoms with E-state index in [0.29, 0.717) is 22.2 Å². The largest absolute Gasteiger partial charge is 0.875 e. The second kappa shape index (κ2) is 8.47. The third kappa shape index (κ3) is 4.39. The lowest BCUT2D eigenvalue weighted by Crippen LogP contribution is -2.20. The smallest absolute Gasteiger partial charge is 0.227 e. The molecule has 1 atom stereocenters. The van der Waals surface area contributed by atoms with Crippen molar-refractivity contribution in [1.29, 1.82) is 5.41 Å². The normalized spacial score (nSPS) is 19.9. The van der Waals surface area contributed by atoms with Gasteiger partial charge in [-0.3, -0.25) is 0 Å². The topological polar surface area (TPSA) is 84.7 Å². The van der Waals surface area contributed by atoms with Gasteiger partial charge in [0.2, 0.25) is 5.95 Å². The number of allylic oxidation sites excluding steroid dienone is 9. The zero-order valence-corrected chi connectivity index (χ0v) is 16.5. The third-order valence-corrected chi connectivity index (χ3v) is 4.94. The maximum atomic E-state index is 13.2. The summed E-state index contributed by atoms with van der Waals surface area (Å²) in [6.45, 7) is 0. The minimum Gasteiger partial charge on any atom is -0.875 e. The summed E-state index contributed by atoms with van der Waals surface area (Å²) < 4.78 is 13.2. The van der Waals surface area contributed by atoms with Gasteiger partial charge in [0.15, 0.2) is 0 Å². The molecule has 1 aromatic carbocycles. The van der Waals surface area contributed by atoms with E-state index in [9.17, 15) is 9.50 Å². The summed E-state index contributed by atoms with van der Waals surface area (Å²) in [6.07, 6.45) is 11.1. The van der Waals surface area contributed by atoms with Crippen LogP contribution in [0.2, 0.25) is 5.02 Å². The Morgan fingerprint density at radius 2 is 2.10 bits per heavy atom. The van der Waals surface area contributed by atoms with E-state index >= 15 is 0 Å². The van der Waals surface area contributed by atoms with Crippen LogP contribution in [0.25, 0.3) is 5.57 Å². The van der Waals surface area contributed by atoms with E-state index in [1.807, 2.05) is 12.1 Å². The van der Waals surface area contributed by atoms with E-state index in [-0.39, 0.29) is 29.3 Å². The Morgan fingerprint density at radius 1 is 1.23 bits per heavy atom. The molecule has 7 heteroatoms. The number of hydrogen-bond donors (Lipinski definition) is 2. The molecule has 2 aliphatic rings. The molecule has 1 heterocycles. The average molecular weight is 420 g/mol. The summed E-state index contributed by atoms with van der Waals surface area (Å²) in [6, 6.07) is 8.94. The van der Waals surface area contributed by atoms with Gasteiger partial charge in [0.1, 0.15) is 5.83 Å². The second-order valence-corrected chi connectivity index (χ2v) is 7.25. The van der Waals surface area contributed by atoms with Crippen LogP contribution < -0.4 is 10.4 Å². The first-order chi connectivity index (χ1) is 14.5. The molecule has 0 radical (unpaired) electrons. The van der Waals surface area contributed by atoms with Crippen LogP contribution in [0.5, 0.6) is 0 Å². The fourth-order valence-corrected chi connectivity index (χ4v) is 3.36. The van der Waals surface area contributed by atoms with Crippen molar-refractivity contribution >= 4 is 34.5 Å². The molecule has 0 bridgehead atoms. The molecule has 5 nitrogen and oxygen atoms in total. The van der Waals surface area contributed by atoms with Crippen molar-refractivity contribution in [3.63, 3.8) is 0 Å². The number of halogens is 2.